The molecule has 1 aromatic carbocycles. The van der Waals surface area contributed by atoms with Crippen molar-refractivity contribution in [3.05, 3.63) is 23.8 Å². The van der Waals surface area contributed by atoms with Crippen LogP contribution in [0.15, 0.2) is 23.2 Å². The van der Waals surface area contributed by atoms with E-state index in [0.717, 1.165) is 0 Å². The number of ether oxygens (including phenoxy) is 4. The minimum Gasteiger partial charge on any atom is -0.493 e. The number of aliphatic imine (C=N–C) groups is 1. The maximum Gasteiger partial charge on any atom is 0.294 e. The molecule has 1 spiro atoms. The van der Waals surface area contributed by atoms with Crippen molar-refractivity contribution >= 4 is 5.84 Å². The summed E-state index contributed by atoms with van der Waals surface area (Å²) < 4.78 is 22.5. The van der Waals surface area contributed by atoms with Crippen molar-refractivity contribution in [3.8, 4) is 23.6 Å². The lowest BCUT2D eigenvalue weighted by molar-refractivity contribution is -0.196. The predicted octanol–water partition coefficient (Wildman–Crippen LogP) is 1.45. The first-order valence-corrected chi connectivity index (χ1v) is 8.56. The van der Waals surface area contributed by atoms with Crippen molar-refractivity contribution in [1.82, 2.24) is 0 Å². The van der Waals surface area contributed by atoms with Gasteiger partial charge in [0.05, 0.1) is 39.1 Å². The Balaban J connectivity index is 1.96. The first kappa shape index (κ1) is 17.6. The van der Waals surface area contributed by atoms with Crippen molar-refractivity contribution in [1.29, 1.82) is 10.5 Å². The summed E-state index contributed by atoms with van der Waals surface area (Å²) in [5.74, 6) is -0.499. The van der Waals surface area contributed by atoms with Gasteiger partial charge in [-0.05, 0) is 24.6 Å². The Labute approximate surface area is 157 Å². The van der Waals surface area contributed by atoms with Crippen LogP contribution in [0.3, 0.4) is 0 Å². The second-order valence-corrected chi connectivity index (χ2v) is 7.24. The van der Waals surface area contributed by atoms with Gasteiger partial charge < -0.3 is 24.7 Å². The minimum absolute atomic E-state index is 0.0536. The zero-order valence-electron chi connectivity index (χ0n) is 15.6. The van der Waals surface area contributed by atoms with E-state index in [4.69, 9.17) is 24.7 Å². The molecule has 1 saturated heterocycles. The van der Waals surface area contributed by atoms with Gasteiger partial charge in [0.2, 0.25) is 0 Å². The summed E-state index contributed by atoms with van der Waals surface area (Å²) in [6.07, 6.45) is -0.267. The number of nitriles is 2. The standard InChI is InChI=1S/C19H20N4O4/c1-11-8-26-19(27-11)18(10-21)16(2,17(18,9-20)15(22)23-19)12-5-6-13(24-3)14(7-12)25-4/h5-7,11H,8H2,1-4H3,(H2,22,23)/t11-,16-,17-,18+,19-/m0/s1. The predicted molar refractivity (Wildman–Crippen MR) is 93.8 cm³/mol. The van der Waals surface area contributed by atoms with Gasteiger partial charge >= 0.3 is 0 Å². The molecule has 0 amide bonds. The molecular weight excluding hydrogens is 348 g/mol. The molecule has 2 heterocycles. The van der Waals surface area contributed by atoms with Gasteiger partial charge in [-0.25, -0.2) is 4.99 Å². The summed E-state index contributed by atoms with van der Waals surface area (Å²) in [6, 6.07) is 9.87. The highest BCUT2D eigenvalue weighted by atomic mass is 16.8. The van der Waals surface area contributed by atoms with Crippen molar-refractivity contribution in [2.24, 2.45) is 21.6 Å². The third-order valence-electron chi connectivity index (χ3n) is 6.30. The lowest BCUT2D eigenvalue weighted by Gasteiger charge is -2.30. The van der Waals surface area contributed by atoms with Crippen LogP contribution in [0.4, 0.5) is 0 Å². The molecule has 5 atom stereocenters. The molecule has 8 heteroatoms. The van der Waals surface area contributed by atoms with Crippen molar-refractivity contribution in [3.63, 3.8) is 0 Å². The Hall–Kier alpha value is -2.81. The number of methoxy groups -OCH3 is 2. The van der Waals surface area contributed by atoms with Gasteiger partial charge in [-0.3, -0.25) is 0 Å². The lowest BCUT2D eigenvalue weighted by Crippen LogP contribution is -2.42. The molecule has 0 aromatic heterocycles. The Morgan fingerprint density at radius 2 is 1.93 bits per heavy atom. The molecule has 8 nitrogen and oxygen atoms in total. The van der Waals surface area contributed by atoms with E-state index in [-0.39, 0.29) is 18.5 Å². The van der Waals surface area contributed by atoms with Crippen LogP contribution in [-0.2, 0) is 14.9 Å². The normalized spacial score (nSPS) is 41.4. The molecule has 4 rings (SSSR count). The Bertz CT molecular complexity index is 950. The van der Waals surface area contributed by atoms with Gasteiger partial charge in [0, 0.05) is 5.41 Å². The number of amidine groups is 1. The van der Waals surface area contributed by atoms with Gasteiger partial charge in [0.25, 0.3) is 5.91 Å². The van der Waals surface area contributed by atoms with Gasteiger partial charge in [-0.15, -0.1) is 0 Å². The third-order valence-corrected chi connectivity index (χ3v) is 6.30. The topological polar surface area (TPSA) is 123 Å². The lowest BCUT2D eigenvalue weighted by atomic mass is 9.84. The number of rotatable bonds is 3. The summed E-state index contributed by atoms with van der Waals surface area (Å²) in [7, 11) is 3.07. The van der Waals surface area contributed by atoms with E-state index in [0.29, 0.717) is 17.1 Å². The van der Waals surface area contributed by atoms with E-state index in [1.165, 1.54) is 7.11 Å². The fourth-order valence-electron chi connectivity index (χ4n) is 4.97. The molecular formula is C19H20N4O4. The molecule has 2 fully saturated rings. The van der Waals surface area contributed by atoms with Gasteiger partial charge in [-0.1, -0.05) is 13.0 Å². The van der Waals surface area contributed by atoms with Crippen LogP contribution < -0.4 is 15.2 Å². The molecule has 0 unspecified atom stereocenters. The maximum absolute atomic E-state index is 10.3. The largest absolute Gasteiger partial charge is 0.493 e. The third kappa shape index (κ3) is 1.54. The average molecular weight is 368 g/mol. The van der Waals surface area contributed by atoms with Crippen LogP contribution in [-0.4, -0.2) is 38.7 Å². The van der Waals surface area contributed by atoms with E-state index >= 15 is 0 Å². The minimum atomic E-state index is -1.59. The Morgan fingerprint density at radius 1 is 1.22 bits per heavy atom. The van der Waals surface area contributed by atoms with Crippen molar-refractivity contribution in [2.45, 2.75) is 31.3 Å². The zero-order chi connectivity index (χ0) is 19.7. The summed E-state index contributed by atoms with van der Waals surface area (Å²) >= 11 is 0. The van der Waals surface area contributed by atoms with E-state index in [9.17, 15) is 10.5 Å². The van der Waals surface area contributed by atoms with Crippen LogP contribution in [0.25, 0.3) is 0 Å². The number of hydrogen-bond donors (Lipinski definition) is 1. The first-order valence-electron chi connectivity index (χ1n) is 8.56. The van der Waals surface area contributed by atoms with Crippen molar-refractivity contribution in [2.75, 3.05) is 20.8 Å². The molecule has 2 N–H and O–H groups in total. The van der Waals surface area contributed by atoms with Crippen LogP contribution in [0.5, 0.6) is 11.5 Å². The van der Waals surface area contributed by atoms with E-state index < -0.39 is 22.2 Å². The van der Waals surface area contributed by atoms with Crippen LogP contribution in [0, 0.1) is 33.5 Å². The Morgan fingerprint density at radius 3 is 2.44 bits per heavy atom. The first-order chi connectivity index (χ1) is 12.8. The Kier molecular flexibility index (Phi) is 3.34. The molecule has 0 bridgehead atoms. The van der Waals surface area contributed by atoms with E-state index in [2.05, 4.69) is 17.1 Å². The van der Waals surface area contributed by atoms with Gasteiger partial charge in [0.1, 0.15) is 5.84 Å². The number of nitrogens with two attached hydrogens (primary N) is 1. The molecule has 1 aliphatic carbocycles. The fraction of sp³-hybridized carbons (Fsp3) is 0.526. The van der Waals surface area contributed by atoms with E-state index in [1.54, 1.807) is 25.3 Å². The summed E-state index contributed by atoms with van der Waals surface area (Å²) in [5.41, 5.74) is 3.16. The molecule has 27 heavy (non-hydrogen) atoms. The van der Waals surface area contributed by atoms with Crippen LogP contribution in [0.2, 0.25) is 0 Å². The molecule has 1 aromatic rings. The highest BCUT2D eigenvalue weighted by Crippen LogP contribution is 2.85. The highest BCUT2D eigenvalue weighted by molar-refractivity contribution is 6.02. The summed E-state index contributed by atoms with van der Waals surface area (Å²) in [6.45, 7) is 3.91. The smallest absolute Gasteiger partial charge is 0.294 e. The zero-order valence-corrected chi connectivity index (χ0v) is 15.6. The molecule has 1 saturated carbocycles. The van der Waals surface area contributed by atoms with Gasteiger partial charge in [0.15, 0.2) is 22.3 Å². The van der Waals surface area contributed by atoms with E-state index in [1.807, 2.05) is 13.8 Å². The number of benzene rings is 1. The summed E-state index contributed by atoms with van der Waals surface area (Å²) in [4.78, 5) is 4.33. The molecule has 0 radical (unpaired) electrons. The summed E-state index contributed by atoms with van der Waals surface area (Å²) in [5, 5.41) is 20.4. The second kappa shape index (κ2) is 5.13. The molecule has 140 valence electrons. The second-order valence-electron chi connectivity index (χ2n) is 7.24. The number of nitrogens with zero attached hydrogens (tertiary/aromatic N) is 3. The average Bonchev–Trinajstić information content (AvgIpc) is 2.85. The molecule has 3 aliphatic rings. The van der Waals surface area contributed by atoms with Gasteiger partial charge in [-0.2, -0.15) is 10.5 Å². The van der Waals surface area contributed by atoms with Crippen molar-refractivity contribution < 1.29 is 18.9 Å². The fourth-order valence-corrected chi connectivity index (χ4v) is 4.97. The van der Waals surface area contributed by atoms with Crippen LogP contribution in [0.1, 0.15) is 19.4 Å². The SMILES string of the molecule is COc1ccc([C@@]2(C)[C@]3(C#N)C(N)=N[C@]4(OC[C@H](C)O4)[C@@]32C#N)cc1OC. The monoisotopic (exact) mass is 368 g/mol. The van der Waals surface area contributed by atoms with Crippen LogP contribution >= 0.6 is 0 Å². The maximum atomic E-state index is 10.3. The molecule has 2 aliphatic heterocycles. The number of fused-ring (bicyclic) bond motifs is 2. The number of hydrogen-bond acceptors (Lipinski definition) is 8. The quantitative estimate of drug-likeness (QED) is 0.856. The highest BCUT2D eigenvalue weighted by Gasteiger charge is 3.00.